The smallest absolute Gasteiger partial charge is 0.440 e. The van der Waals surface area contributed by atoms with E-state index in [9.17, 15) is 31.2 Å². The molecule has 0 spiro atoms. The number of rotatable bonds is 8. The Morgan fingerprint density at radius 3 is 2.50 bits per heavy atom. The first-order valence-electron chi connectivity index (χ1n) is 14.0. The van der Waals surface area contributed by atoms with E-state index < -0.39 is 33.0 Å². The van der Waals surface area contributed by atoms with E-state index in [0.29, 0.717) is 39.4 Å². The normalized spacial score (nSPS) is 14.8. The summed E-state index contributed by atoms with van der Waals surface area (Å²) in [4.78, 5) is 31.7. The SMILES string of the molecule is Cc1cc(C(C)Nc2cccnc2-c2ccc(OS(=O)(=O)C(F)(F)F)c(C=O)c2)c2oc(N3CCCCC3)c(C)c(=O)c2c1. The molecule has 1 atom stereocenters. The summed E-state index contributed by atoms with van der Waals surface area (Å²) in [5, 5.41) is 3.86. The standard InChI is InChI=1S/C31H30F3N3O6S/c1-18-14-23(29-24(15-18)28(39)19(2)30(42-29)37-12-5-4-6-13-37)20(3)36-25-8-7-11-35-27(25)21-9-10-26(22(16-21)17-38)43-44(40,41)31(32,33)34/h7-11,14-17,20,36H,4-6,12-13H2,1-3H3. The van der Waals surface area contributed by atoms with Crippen molar-refractivity contribution in [1.29, 1.82) is 0 Å². The summed E-state index contributed by atoms with van der Waals surface area (Å²) >= 11 is 0. The van der Waals surface area contributed by atoms with Crippen LogP contribution in [0.5, 0.6) is 5.75 Å². The minimum Gasteiger partial charge on any atom is -0.440 e. The quantitative estimate of drug-likeness (QED) is 0.129. The average molecular weight is 630 g/mol. The molecule has 0 saturated carbocycles. The number of carbonyl (C=O) groups is 1. The van der Waals surface area contributed by atoms with E-state index in [4.69, 9.17) is 4.42 Å². The summed E-state index contributed by atoms with van der Waals surface area (Å²) < 4.78 is 72.2. The molecule has 1 aliphatic heterocycles. The molecule has 1 N–H and O–H groups in total. The topological polar surface area (TPSA) is 119 Å². The van der Waals surface area contributed by atoms with E-state index in [1.54, 1.807) is 19.1 Å². The summed E-state index contributed by atoms with van der Waals surface area (Å²) in [7, 11) is -5.97. The number of aldehydes is 1. The number of nitrogens with one attached hydrogen (secondary N) is 1. The number of aryl methyl sites for hydroxylation is 1. The summed E-state index contributed by atoms with van der Waals surface area (Å²) in [5.41, 5.74) is -2.36. The second-order valence-electron chi connectivity index (χ2n) is 10.8. The highest BCUT2D eigenvalue weighted by molar-refractivity contribution is 7.88. The number of anilines is 2. The summed E-state index contributed by atoms with van der Waals surface area (Å²) in [6.45, 7) is 7.17. The molecule has 5 rings (SSSR count). The molecule has 1 fully saturated rings. The molecule has 2 aromatic heterocycles. The monoisotopic (exact) mass is 629 g/mol. The second-order valence-corrected chi connectivity index (χ2v) is 12.3. The maximum absolute atomic E-state index is 13.5. The van der Waals surface area contributed by atoms with Gasteiger partial charge in [0.15, 0.2) is 17.5 Å². The molecule has 0 radical (unpaired) electrons. The lowest BCUT2D eigenvalue weighted by Gasteiger charge is -2.29. The molecule has 4 aromatic rings. The van der Waals surface area contributed by atoms with Crippen molar-refractivity contribution >= 4 is 38.9 Å². The number of aromatic nitrogens is 1. The Kier molecular flexibility index (Phi) is 8.43. The molecular weight excluding hydrogens is 599 g/mol. The fourth-order valence-corrected chi connectivity index (χ4v) is 5.85. The van der Waals surface area contributed by atoms with Gasteiger partial charge in [-0.05, 0) is 82.0 Å². The van der Waals surface area contributed by atoms with Gasteiger partial charge in [0.1, 0.15) is 5.58 Å². The molecule has 0 aliphatic carbocycles. The maximum atomic E-state index is 13.5. The van der Waals surface area contributed by atoms with Gasteiger partial charge in [-0.15, -0.1) is 0 Å². The minimum atomic E-state index is -5.97. The first-order chi connectivity index (χ1) is 20.8. The number of benzene rings is 2. The highest BCUT2D eigenvalue weighted by Crippen LogP contribution is 2.36. The van der Waals surface area contributed by atoms with Gasteiger partial charge in [0.25, 0.3) is 0 Å². The molecule has 0 amide bonds. The van der Waals surface area contributed by atoms with Crippen LogP contribution in [0.3, 0.4) is 0 Å². The lowest BCUT2D eigenvalue weighted by atomic mass is 9.99. The van der Waals surface area contributed by atoms with Gasteiger partial charge in [-0.2, -0.15) is 21.6 Å². The fraction of sp³-hybridized carbons (Fsp3) is 0.323. The van der Waals surface area contributed by atoms with Crippen LogP contribution in [0.1, 0.15) is 59.3 Å². The number of alkyl halides is 3. The van der Waals surface area contributed by atoms with Crippen LogP contribution in [0.25, 0.3) is 22.2 Å². The first-order valence-corrected chi connectivity index (χ1v) is 15.4. The van der Waals surface area contributed by atoms with E-state index in [-0.39, 0.29) is 11.7 Å². The van der Waals surface area contributed by atoms with Crippen molar-refractivity contribution in [2.45, 2.75) is 51.6 Å². The van der Waals surface area contributed by atoms with Crippen LogP contribution >= 0.6 is 0 Å². The van der Waals surface area contributed by atoms with Gasteiger partial charge < -0.3 is 18.8 Å². The summed E-state index contributed by atoms with van der Waals surface area (Å²) in [5.74, 6) is -0.196. The first kappa shape index (κ1) is 31.0. The van der Waals surface area contributed by atoms with Crippen molar-refractivity contribution in [2.24, 2.45) is 0 Å². The van der Waals surface area contributed by atoms with Crippen LogP contribution in [0.15, 0.2) is 57.9 Å². The highest BCUT2D eigenvalue weighted by atomic mass is 32.2. The number of halogens is 3. The molecule has 2 aromatic carbocycles. The molecule has 232 valence electrons. The van der Waals surface area contributed by atoms with Gasteiger partial charge in [-0.1, -0.05) is 6.07 Å². The van der Waals surface area contributed by atoms with Crippen LogP contribution in [0.4, 0.5) is 24.7 Å². The van der Waals surface area contributed by atoms with E-state index in [1.165, 1.54) is 18.3 Å². The zero-order chi connectivity index (χ0) is 31.8. The Balaban J connectivity index is 1.52. The van der Waals surface area contributed by atoms with Crippen LogP contribution in [0.2, 0.25) is 0 Å². The van der Waals surface area contributed by atoms with Crippen LogP contribution < -0.4 is 19.8 Å². The second kappa shape index (κ2) is 11.9. The molecule has 0 bridgehead atoms. The van der Waals surface area contributed by atoms with Crippen LogP contribution in [0, 0.1) is 13.8 Å². The van der Waals surface area contributed by atoms with Crippen molar-refractivity contribution in [3.05, 3.63) is 81.1 Å². The number of piperidine rings is 1. The van der Waals surface area contributed by atoms with E-state index in [2.05, 4.69) is 19.4 Å². The third-order valence-corrected chi connectivity index (χ3v) is 8.52. The Labute approximate surface area is 251 Å². The lowest BCUT2D eigenvalue weighted by molar-refractivity contribution is -0.0500. The van der Waals surface area contributed by atoms with Crippen molar-refractivity contribution in [2.75, 3.05) is 23.3 Å². The number of carbonyl (C=O) groups excluding carboxylic acids is 1. The van der Waals surface area contributed by atoms with E-state index in [0.717, 1.165) is 49.5 Å². The molecule has 1 aliphatic rings. The third-order valence-electron chi connectivity index (χ3n) is 7.55. The maximum Gasteiger partial charge on any atom is 0.534 e. The van der Waals surface area contributed by atoms with Crippen LogP contribution in [-0.2, 0) is 10.1 Å². The van der Waals surface area contributed by atoms with E-state index >= 15 is 0 Å². The van der Waals surface area contributed by atoms with Gasteiger partial charge in [-0.25, -0.2) is 0 Å². The van der Waals surface area contributed by atoms with Crippen molar-refractivity contribution in [3.8, 4) is 17.0 Å². The van der Waals surface area contributed by atoms with Gasteiger partial charge >= 0.3 is 15.6 Å². The van der Waals surface area contributed by atoms with Crippen molar-refractivity contribution < 1.29 is 35.0 Å². The van der Waals surface area contributed by atoms with Gasteiger partial charge in [0.05, 0.1) is 33.9 Å². The average Bonchev–Trinajstić information content (AvgIpc) is 2.99. The van der Waals surface area contributed by atoms with Crippen molar-refractivity contribution in [3.63, 3.8) is 0 Å². The molecule has 9 nitrogen and oxygen atoms in total. The zero-order valence-electron chi connectivity index (χ0n) is 24.2. The highest BCUT2D eigenvalue weighted by Gasteiger charge is 2.48. The summed E-state index contributed by atoms with van der Waals surface area (Å²) in [6, 6.07) is 10.2. The number of fused-ring (bicyclic) bond motifs is 1. The number of pyridine rings is 1. The lowest BCUT2D eigenvalue weighted by Crippen LogP contribution is -2.31. The third kappa shape index (κ3) is 6.01. The summed E-state index contributed by atoms with van der Waals surface area (Å²) in [6.07, 6.45) is 4.86. The largest absolute Gasteiger partial charge is 0.534 e. The fourth-order valence-electron chi connectivity index (χ4n) is 5.37. The Hall–Kier alpha value is -4.39. The van der Waals surface area contributed by atoms with Gasteiger partial charge in [-0.3, -0.25) is 14.6 Å². The number of hydrogen-bond donors (Lipinski definition) is 1. The molecule has 13 heteroatoms. The van der Waals surface area contributed by atoms with E-state index in [1.807, 2.05) is 26.0 Å². The molecular formula is C31H30F3N3O6S. The predicted octanol–water partition coefficient (Wildman–Crippen LogP) is 6.68. The number of hydrogen-bond acceptors (Lipinski definition) is 9. The molecule has 44 heavy (non-hydrogen) atoms. The molecule has 1 unspecified atom stereocenters. The molecule has 3 heterocycles. The van der Waals surface area contributed by atoms with Crippen LogP contribution in [-0.4, -0.2) is 38.3 Å². The predicted molar refractivity (Wildman–Crippen MR) is 161 cm³/mol. The minimum absolute atomic E-state index is 0.0951. The number of nitrogens with zero attached hydrogens (tertiary/aromatic N) is 2. The van der Waals surface area contributed by atoms with Gasteiger partial charge in [0.2, 0.25) is 5.88 Å². The Morgan fingerprint density at radius 2 is 1.82 bits per heavy atom. The van der Waals surface area contributed by atoms with Gasteiger partial charge in [0, 0.05) is 30.4 Å². The molecule has 1 saturated heterocycles. The zero-order valence-corrected chi connectivity index (χ0v) is 25.0. The van der Waals surface area contributed by atoms with Crippen molar-refractivity contribution in [1.82, 2.24) is 4.98 Å². The Bertz CT molecular complexity index is 1900. The Morgan fingerprint density at radius 1 is 1.09 bits per heavy atom.